The number of hydrogen-bond donors (Lipinski definition) is 1. The zero-order valence-electron chi connectivity index (χ0n) is 15.4. The second kappa shape index (κ2) is 6.62. The van der Waals surface area contributed by atoms with Crippen LogP contribution >= 0.6 is 11.3 Å². The van der Waals surface area contributed by atoms with Crippen molar-refractivity contribution >= 4 is 23.2 Å². The van der Waals surface area contributed by atoms with E-state index in [9.17, 15) is 9.59 Å². The average Bonchev–Trinajstić information content (AvgIpc) is 3.02. The van der Waals surface area contributed by atoms with Gasteiger partial charge in [0.25, 0.3) is 5.91 Å². The molecular formula is C19H27N3O3S. The molecule has 6 nitrogen and oxygen atoms in total. The summed E-state index contributed by atoms with van der Waals surface area (Å²) in [7, 11) is 1.81. The Morgan fingerprint density at radius 3 is 2.35 bits per heavy atom. The Hall–Kier alpha value is -1.44. The number of thiophene rings is 1. The molecule has 1 aliphatic carbocycles. The zero-order valence-corrected chi connectivity index (χ0v) is 16.3. The molecule has 0 spiro atoms. The predicted octanol–water partition coefficient (Wildman–Crippen LogP) is 1.65. The quantitative estimate of drug-likeness (QED) is 0.866. The summed E-state index contributed by atoms with van der Waals surface area (Å²) in [6.07, 6.45) is 3.49. The van der Waals surface area contributed by atoms with Crippen LogP contribution in [0.4, 0.5) is 0 Å². The molecule has 1 aromatic rings. The highest BCUT2D eigenvalue weighted by Crippen LogP contribution is 2.53. The van der Waals surface area contributed by atoms with Crippen LogP contribution < -0.4 is 5.73 Å². The molecule has 2 amide bonds. The summed E-state index contributed by atoms with van der Waals surface area (Å²) in [5, 5.41) is 0. The Morgan fingerprint density at radius 2 is 1.85 bits per heavy atom. The molecule has 1 saturated carbocycles. The maximum absolute atomic E-state index is 11.6. The number of amides is 2. The van der Waals surface area contributed by atoms with Crippen LogP contribution in [0.2, 0.25) is 0 Å². The summed E-state index contributed by atoms with van der Waals surface area (Å²) >= 11 is 1.49. The van der Waals surface area contributed by atoms with E-state index in [0.29, 0.717) is 22.8 Å². The van der Waals surface area contributed by atoms with Crippen molar-refractivity contribution in [3.05, 3.63) is 21.9 Å². The van der Waals surface area contributed by atoms with Gasteiger partial charge >= 0.3 is 0 Å². The second-order valence-electron chi connectivity index (χ2n) is 7.88. The Bertz CT molecular complexity index is 699. The lowest BCUT2D eigenvalue weighted by atomic mass is 9.64. The van der Waals surface area contributed by atoms with Gasteiger partial charge in [0.1, 0.15) is 5.60 Å². The van der Waals surface area contributed by atoms with Gasteiger partial charge < -0.3 is 15.4 Å². The number of nitrogens with two attached hydrogens (primary N) is 1. The molecule has 0 aromatic carbocycles. The number of likely N-dealkylation sites (tertiary alicyclic amines) is 2. The fraction of sp³-hybridized carbons (Fsp3) is 0.684. The van der Waals surface area contributed by atoms with Crippen molar-refractivity contribution < 1.29 is 14.3 Å². The van der Waals surface area contributed by atoms with Gasteiger partial charge in [0.2, 0.25) is 5.91 Å². The number of nitrogens with zero attached hydrogens (tertiary/aromatic N) is 2. The molecule has 2 bridgehead atoms. The largest absolute Gasteiger partial charge is 0.372 e. The molecule has 7 heteroatoms. The Labute approximate surface area is 158 Å². The minimum Gasteiger partial charge on any atom is -0.372 e. The van der Waals surface area contributed by atoms with E-state index in [4.69, 9.17) is 10.5 Å². The molecular weight excluding hydrogens is 350 g/mol. The van der Waals surface area contributed by atoms with Gasteiger partial charge in [-0.3, -0.25) is 14.5 Å². The summed E-state index contributed by atoms with van der Waals surface area (Å²) in [6, 6.07) is 4.35. The number of methoxy groups -OCH3 is 1. The summed E-state index contributed by atoms with van der Waals surface area (Å²) in [5.74, 6) is 0.618. The van der Waals surface area contributed by atoms with E-state index in [1.165, 1.54) is 17.8 Å². The first kappa shape index (κ1) is 17.9. The number of piperidine rings is 1. The van der Waals surface area contributed by atoms with Gasteiger partial charge in [-0.25, -0.2) is 0 Å². The van der Waals surface area contributed by atoms with E-state index in [0.717, 1.165) is 43.9 Å². The highest BCUT2D eigenvalue weighted by Gasteiger charge is 2.55. The van der Waals surface area contributed by atoms with Gasteiger partial charge in [-0.1, -0.05) is 6.42 Å². The normalized spacial score (nSPS) is 32.3. The van der Waals surface area contributed by atoms with Crippen LogP contribution in [-0.4, -0.2) is 60.9 Å². The van der Waals surface area contributed by atoms with Gasteiger partial charge in [0.05, 0.1) is 4.88 Å². The lowest BCUT2D eigenvalue weighted by Crippen LogP contribution is -2.67. The zero-order chi connectivity index (χ0) is 18.5. The van der Waals surface area contributed by atoms with E-state index < -0.39 is 0 Å². The van der Waals surface area contributed by atoms with E-state index in [2.05, 4.69) is 4.90 Å². The van der Waals surface area contributed by atoms with Crippen molar-refractivity contribution in [3.8, 4) is 0 Å². The minimum atomic E-state index is -0.367. The monoisotopic (exact) mass is 377 g/mol. The van der Waals surface area contributed by atoms with Gasteiger partial charge in [0.15, 0.2) is 0 Å². The van der Waals surface area contributed by atoms with Crippen LogP contribution in [0.5, 0.6) is 0 Å². The van der Waals surface area contributed by atoms with Crippen LogP contribution in [0, 0.1) is 11.8 Å². The van der Waals surface area contributed by atoms with Gasteiger partial charge in [-0.05, 0) is 25.0 Å². The lowest BCUT2D eigenvalue weighted by molar-refractivity contribution is -0.180. The molecule has 2 aliphatic heterocycles. The predicted molar refractivity (Wildman–Crippen MR) is 100.0 cm³/mol. The molecule has 2 saturated heterocycles. The van der Waals surface area contributed by atoms with Gasteiger partial charge in [0, 0.05) is 63.0 Å². The highest BCUT2D eigenvalue weighted by atomic mass is 32.1. The first-order chi connectivity index (χ1) is 12.5. The third kappa shape index (κ3) is 2.68. The third-order valence-corrected chi connectivity index (χ3v) is 7.86. The summed E-state index contributed by atoms with van der Waals surface area (Å²) in [5.41, 5.74) is 5.16. The van der Waals surface area contributed by atoms with Crippen molar-refractivity contribution in [2.24, 2.45) is 17.6 Å². The molecule has 3 aliphatic rings. The van der Waals surface area contributed by atoms with Crippen LogP contribution in [-0.2, 0) is 15.1 Å². The average molecular weight is 378 g/mol. The molecule has 2 N–H and O–H groups in total. The van der Waals surface area contributed by atoms with E-state index >= 15 is 0 Å². The molecule has 142 valence electrons. The minimum absolute atomic E-state index is 0.169. The number of rotatable bonds is 4. The first-order valence-electron chi connectivity index (χ1n) is 9.40. The Morgan fingerprint density at radius 1 is 1.19 bits per heavy atom. The lowest BCUT2D eigenvalue weighted by Gasteiger charge is -2.58. The summed E-state index contributed by atoms with van der Waals surface area (Å²) in [4.78, 5) is 29.3. The maximum atomic E-state index is 11.6. The number of fused-ring (bicyclic) bond motifs is 2. The molecule has 0 unspecified atom stereocenters. The van der Waals surface area contributed by atoms with Gasteiger partial charge in [-0.15, -0.1) is 11.3 Å². The van der Waals surface area contributed by atoms with Crippen LogP contribution in [0.25, 0.3) is 0 Å². The van der Waals surface area contributed by atoms with Crippen molar-refractivity contribution in [2.45, 2.75) is 37.8 Å². The van der Waals surface area contributed by atoms with Crippen molar-refractivity contribution in [1.82, 2.24) is 9.80 Å². The van der Waals surface area contributed by atoms with Gasteiger partial charge in [-0.2, -0.15) is 0 Å². The number of carbonyl (C=O) groups excluding carboxylic acids is 2. The first-order valence-corrected chi connectivity index (χ1v) is 10.2. The molecule has 3 heterocycles. The Balaban J connectivity index is 1.57. The van der Waals surface area contributed by atoms with E-state index in [1.54, 1.807) is 6.92 Å². The van der Waals surface area contributed by atoms with Crippen molar-refractivity contribution in [3.63, 3.8) is 0 Å². The molecule has 3 atom stereocenters. The number of primary amides is 1. The number of carbonyl (C=O) groups is 2. The summed E-state index contributed by atoms with van der Waals surface area (Å²) < 4.78 is 6.23. The van der Waals surface area contributed by atoms with Crippen molar-refractivity contribution in [1.29, 1.82) is 0 Å². The standard InChI is InChI=1S/C19H27N3O3S/c1-12(23)21-10-15(11-21)22-8-13-4-3-5-14(9-22)19(13,25-2)17-7-6-16(26-17)18(20)24/h6-7,13-15H,3-5,8-11H2,1-2H3,(H2,20,24)/t13-,14+,19+. The van der Waals surface area contributed by atoms with E-state index in [1.807, 2.05) is 24.1 Å². The van der Waals surface area contributed by atoms with Crippen LogP contribution in [0.3, 0.4) is 0 Å². The number of ether oxygens (including phenoxy) is 1. The van der Waals surface area contributed by atoms with Crippen LogP contribution in [0.15, 0.2) is 12.1 Å². The van der Waals surface area contributed by atoms with Crippen molar-refractivity contribution in [2.75, 3.05) is 33.3 Å². The maximum Gasteiger partial charge on any atom is 0.258 e. The smallest absolute Gasteiger partial charge is 0.258 e. The summed E-state index contributed by atoms with van der Waals surface area (Å²) in [6.45, 7) is 5.32. The molecule has 26 heavy (non-hydrogen) atoms. The molecule has 4 rings (SSSR count). The highest BCUT2D eigenvalue weighted by molar-refractivity contribution is 7.14. The van der Waals surface area contributed by atoms with Crippen LogP contribution in [0.1, 0.15) is 40.7 Å². The molecule has 3 fully saturated rings. The molecule has 0 radical (unpaired) electrons. The fourth-order valence-corrected chi connectivity index (χ4v) is 6.41. The topological polar surface area (TPSA) is 75.9 Å². The third-order valence-electron chi connectivity index (χ3n) is 6.62. The number of hydrogen-bond acceptors (Lipinski definition) is 5. The molecule has 1 aromatic heterocycles. The fourth-order valence-electron chi connectivity index (χ4n) is 5.23. The SMILES string of the molecule is CO[C@@]1(c2ccc(C(N)=O)s2)[C@@H]2CCC[C@H]1CN(C1CN(C(C)=O)C1)C2. The Kier molecular flexibility index (Phi) is 4.57. The second-order valence-corrected chi connectivity index (χ2v) is 8.97. The van der Waals surface area contributed by atoms with E-state index in [-0.39, 0.29) is 17.4 Å².